The molecule has 0 amide bonds. The molecular weight excluding hydrogens is 260 g/mol. The van der Waals surface area contributed by atoms with Crippen LogP contribution in [0, 0.1) is 0 Å². The third-order valence-corrected chi connectivity index (χ3v) is 4.10. The van der Waals surface area contributed by atoms with Crippen molar-refractivity contribution in [2.24, 2.45) is 0 Å². The van der Waals surface area contributed by atoms with Crippen molar-refractivity contribution in [1.29, 1.82) is 0 Å². The summed E-state index contributed by atoms with van der Waals surface area (Å²) in [5, 5.41) is 9.19. The lowest BCUT2D eigenvalue weighted by atomic mass is 9.97. The highest BCUT2D eigenvalue weighted by Crippen LogP contribution is 2.24. The molecule has 0 saturated heterocycles. The first-order valence-electron chi connectivity index (χ1n) is 7.40. The van der Waals surface area contributed by atoms with Crippen LogP contribution < -0.4 is 0 Å². The lowest BCUT2D eigenvalue weighted by Crippen LogP contribution is -1.90. The first kappa shape index (κ1) is 13.8. The van der Waals surface area contributed by atoms with Crippen LogP contribution in [0.2, 0.25) is 0 Å². The molecule has 0 fully saturated rings. The number of fused-ring (bicyclic) bond motifs is 1. The van der Waals surface area contributed by atoms with Gasteiger partial charge in [0.15, 0.2) is 0 Å². The second kappa shape index (κ2) is 5.70. The molecule has 21 heavy (non-hydrogen) atoms. The Bertz CT molecular complexity index is 744. The Hall–Kier alpha value is -2.13. The van der Waals surface area contributed by atoms with E-state index in [2.05, 4.69) is 43.1 Å². The molecule has 1 unspecified atom stereocenters. The Morgan fingerprint density at radius 2 is 1.95 bits per heavy atom. The molecule has 0 bridgehead atoms. The molecule has 3 rings (SSSR count). The second-order valence-electron chi connectivity index (χ2n) is 5.52. The molecular formula is C18H20N2O. The summed E-state index contributed by atoms with van der Waals surface area (Å²) >= 11 is 0. The topological polar surface area (TPSA) is 37.5 Å². The molecule has 1 atom stereocenters. The number of aliphatic hydroxyl groups is 1. The van der Waals surface area contributed by atoms with Crippen LogP contribution in [0.25, 0.3) is 16.9 Å². The number of aromatic nitrogens is 2. The van der Waals surface area contributed by atoms with Gasteiger partial charge >= 0.3 is 0 Å². The second-order valence-corrected chi connectivity index (χ2v) is 5.52. The van der Waals surface area contributed by atoms with Crippen molar-refractivity contribution in [3.8, 4) is 11.3 Å². The summed E-state index contributed by atoms with van der Waals surface area (Å²) in [6.45, 7) is 4.50. The first-order chi connectivity index (χ1) is 10.2. The quantitative estimate of drug-likeness (QED) is 0.784. The average Bonchev–Trinajstić information content (AvgIpc) is 2.97. The lowest BCUT2D eigenvalue weighted by molar-refractivity contribution is 0.282. The zero-order valence-electron chi connectivity index (χ0n) is 12.5. The van der Waals surface area contributed by atoms with Gasteiger partial charge < -0.3 is 9.51 Å². The van der Waals surface area contributed by atoms with Crippen LogP contribution in [0.3, 0.4) is 0 Å². The summed E-state index contributed by atoms with van der Waals surface area (Å²) < 4.78 is 1.98. The summed E-state index contributed by atoms with van der Waals surface area (Å²) in [6, 6.07) is 12.5. The van der Waals surface area contributed by atoms with Gasteiger partial charge in [-0.25, -0.2) is 4.98 Å². The molecule has 0 spiro atoms. The van der Waals surface area contributed by atoms with Gasteiger partial charge in [-0.15, -0.1) is 0 Å². The van der Waals surface area contributed by atoms with E-state index in [0.29, 0.717) is 5.92 Å². The lowest BCUT2D eigenvalue weighted by Gasteiger charge is -2.08. The molecule has 1 aromatic carbocycles. The van der Waals surface area contributed by atoms with Crippen LogP contribution in [0.5, 0.6) is 0 Å². The minimum Gasteiger partial charge on any atom is -0.392 e. The smallest absolute Gasteiger partial charge is 0.137 e. The highest BCUT2D eigenvalue weighted by molar-refractivity contribution is 5.63. The summed E-state index contributed by atoms with van der Waals surface area (Å²) in [7, 11) is 0. The van der Waals surface area contributed by atoms with Crippen LogP contribution in [0.4, 0.5) is 0 Å². The van der Waals surface area contributed by atoms with Gasteiger partial charge in [-0.2, -0.15) is 0 Å². The molecule has 3 nitrogen and oxygen atoms in total. The number of nitrogens with zero attached hydrogens (tertiary/aromatic N) is 2. The maximum Gasteiger partial charge on any atom is 0.137 e. The van der Waals surface area contributed by atoms with Crippen molar-refractivity contribution in [3.05, 3.63) is 59.9 Å². The summed E-state index contributed by atoms with van der Waals surface area (Å²) in [5.41, 5.74) is 5.19. The van der Waals surface area contributed by atoms with Crippen LogP contribution in [0.15, 0.2) is 48.8 Å². The monoisotopic (exact) mass is 280 g/mol. The molecule has 2 heterocycles. The SMILES string of the molecule is CCC(C)c1ccc(-c2cn3ccc(CO)cc3n2)cc1. The van der Waals surface area contributed by atoms with Crippen LogP contribution >= 0.6 is 0 Å². The maximum atomic E-state index is 9.19. The van der Waals surface area contributed by atoms with Gasteiger partial charge in [-0.05, 0) is 35.6 Å². The minimum absolute atomic E-state index is 0.0439. The summed E-state index contributed by atoms with van der Waals surface area (Å²) in [4.78, 5) is 4.64. The minimum atomic E-state index is 0.0439. The Kier molecular flexibility index (Phi) is 3.76. The van der Waals surface area contributed by atoms with E-state index in [0.717, 1.165) is 28.9 Å². The fourth-order valence-electron chi connectivity index (χ4n) is 2.48. The van der Waals surface area contributed by atoms with E-state index >= 15 is 0 Å². The average molecular weight is 280 g/mol. The molecule has 0 aliphatic rings. The third-order valence-electron chi connectivity index (χ3n) is 4.10. The number of rotatable bonds is 4. The van der Waals surface area contributed by atoms with Crippen LogP contribution in [-0.2, 0) is 6.61 Å². The largest absolute Gasteiger partial charge is 0.392 e. The van der Waals surface area contributed by atoms with E-state index in [1.54, 1.807) is 0 Å². The molecule has 0 saturated carbocycles. The zero-order valence-corrected chi connectivity index (χ0v) is 12.5. The van der Waals surface area contributed by atoms with Crippen molar-refractivity contribution in [1.82, 2.24) is 9.38 Å². The van der Waals surface area contributed by atoms with E-state index in [9.17, 15) is 5.11 Å². The van der Waals surface area contributed by atoms with Gasteiger partial charge in [0.2, 0.25) is 0 Å². The Labute approximate surface area is 124 Å². The highest BCUT2D eigenvalue weighted by Gasteiger charge is 2.07. The van der Waals surface area contributed by atoms with Gasteiger partial charge in [0.25, 0.3) is 0 Å². The molecule has 0 aliphatic heterocycles. The third kappa shape index (κ3) is 2.69. The fourth-order valence-corrected chi connectivity index (χ4v) is 2.48. The van der Waals surface area contributed by atoms with Crippen LogP contribution in [-0.4, -0.2) is 14.5 Å². The zero-order chi connectivity index (χ0) is 14.8. The molecule has 108 valence electrons. The van der Waals surface area contributed by atoms with Crippen molar-refractivity contribution in [3.63, 3.8) is 0 Å². The van der Waals surface area contributed by atoms with Crippen molar-refractivity contribution in [2.75, 3.05) is 0 Å². The molecule has 1 N–H and O–H groups in total. The van der Waals surface area contributed by atoms with Gasteiger partial charge in [-0.1, -0.05) is 38.1 Å². The van der Waals surface area contributed by atoms with Gasteiger partial charge in [0, 0.05) is 18.0 Å². The van der Waals surface area contributed by atoms with Gasteiger partial charge in [0.05, 0.1) is 12.3 Å². The van der Waals surface area contributed by atoms with E-state index in [1.165, 1.54) is 5.56 Å². The van der Waals surface area contributed by atoms with Crippen molar-refractivity contribution < 1.29 is 5.11 Å². The van der Waals surface area contributed by atoms with E-state index in [4.69, 9.17) is 0 Å². The van der Waals surface area contributed by atoms with Crippen molar-refractivity contribution >= 4 is 5.65 Å². The standard InChI is InChI=1S/C18H20N2O/c1-3-13(2)15-4-6-16(7-5-15)17-11-20-9-8-14(12-21)10-18(20)19-17/h4-11,13,21H,3,12H2,1-2H3. The molecule has 0 radical (unpaired) electrons. The molecule has 0 aliphatic carbocycles. The fraction of sp³-hybridized carbons (Fsp3) is 0.278. The van der Waals surface area contributed by atoms with Gasteiger partial charge in [0.1, 0.15) is 5.65 Å². The Balaban J connectivity index is 1.96. The molecule has 3 heteroatoms. The predicted molar refractivity (Wildman–Crippen MR) is 85.3 cm³/mol. The number of hydrogen-bond acceptors (Lipinski definition) is 2. The first-order valence-corrected chi connectivity index (χ1v) is 7.40. The Morgan fingerprint density at radius 1 is 1.19 bits per heavy atom. The summed E-state index contributed by atoms with van der Waals surface area (Å²) in [6.07, 6.45) is 5.11. The summed E-state index contributed by atoms with van der Waals surface area (Å²) in [5.74, 6) is 0.590. The Morgan fingerprint density at radius 3 is 2.62 bits per heavy atom. The van der Waals surface area contributed by atoms with E-state index in [1.807, 2.05) is 28.9 Å². The number of benzene rings is 1. The van der Waals surface area contributed by atoms with Crippen LogP contribution in [0.1, 0.15) is 37.3 Å². The molecule has 3 aromatic rings. The normalized spacial score (nSPS) is 12.7. The maximum absolute atomic E-state index is 9.19. The molecule has 2 aromatic heterocycles. The van der Waals surface area contributed by atoms with E-state index in [-0.39, 0.29) is 6.61 Å². The van der Waals surface area contributed by atoms with Gasteiger partial charge in [-0.3, -0.25) is 0 Å². The number of aliphatic hydroxyl groups excluding tert-OH is 1. The predicted octanol–water partition coefficient (Wildman–Crippen LogP) is 4.01. The number of hydrogen-bond donors (Lipinski definition) is 1. The highest BCUT2D eigenvalue weighted by atomic mass is 16.3. The van der Waals surface area contributed by atoms with E-state index < -0.39 is 0 Å². The number of imidazole rings is 1. The number of pyridine rings is 1. The van der Waals surface area contributed by atoms with Crippen molar-refractivity contribution in [2.45, 2.75) is 32.8 Å².